The molecule has 0 saturated carbocycles. The van der Waals surface area contributed by atoms with E-state index in [0.29, 0.717) is 25.1 Å². The van der Waals surface area contributed by atoms with Crippen molar-refractivity contribution in [3.05, 3.63) is 89.5 Å². The van der Waals surface area contributed by atoms with Crippen LogP contribution in [0.15, 0.2) is 72.8 Å². The third-order valence-electron chi connectivity index (χ3n) is 6.49. The number of nitrogens with two attached hydrogens (primary N) is 1. The van der Waals surface area contributed by atoms with Crippen LogP contribution in [-0.4, -0.2) is 48.8 Å². The maximum Gasteiger partial charge on any atom is 0.407 e. The SMILES string of the molecule is NCCCC(NC(=O)CNC(=O)OCC1c2ccccc2-c2ccccc21)C(=O)Nc1ccc(CO)cc1. The van der Waals surface area contributed by atoms with Gasteiger partial charge in [0.25, 0.3) is 0 Å². The molecule has 38 heavy (non-hydrogen) atoms. The number of aliphatic hydroxyl groups excluding tert-OH is 1. The zero-order valence-electron chi connectivity index (χ0n) is 21.0. The van der Waals surface area contributed by atoms with Crippen molar-refractivity contribution in [3.8, 4) is 11.1 Å². The molecule has 0 spiro atoms. The van der Waals surface area contributed by atoms with Gasteiger partial charge in [-0.1, -0.05) is 60.7 Å². The number of benzene rings is 3. The smallest absolute Gasteiger partial charge is 0.407 e. The number of hydrogen-bond acceptors (Lipinski definition) is 6. The van der Waals surface area contributed by atoms with Crippen LogP contribution in [0.5, 0.6) is 0 Å². The second kappa shape index (κ2) is 12.8. The van der Waals surface area contributed by atoms with Gasteiger partial charge < -0.3 is 31.5 Å². The standard InChI is InChI=1S/C29H32N4O5/c30-15-5-10-26(28(36)32-20-13-11-19(17-34)12-14-20)33-27(35)16-31-29(37)38-18-25-23-8-3-1-6-21(23)22-7-2-4-9-24(22)25/h1-4,6-9,11-14,25-26,34H,5,10,15-18,30H2,(H,31,37)(H,32,36)(H,33,35). The summed E-state index contributed by atoms with van der Waals surface area (Å²) in [5, 5.41) is 17.0. The number of ether oxygens (including phenoxy) is 1. The van der Waals surface area contributed by atoms with E-state index in [1.54, 1.807) is 24.3 Å². The topological polar surface area (TPSA) is 143 Å². The Labute approximate surface area is 221 Å². The highest BCUT2D eigenvalue weighted by atomic mass is 16.5. The minimum absolute atomic E-state index is 0.0854. The molecule has 6 N–H and O–H groups in total. The third-order valence-corrected chi connectivity index (χ3v) is 6.49. The van der Waals surface area contributed by atoms with Gasteiger partial charge in [-0.3, -0.25) is 9.59 Å². The van der Waals surface area contributed by atoms with Crippen LogP contribution in [-0.2, 0) is 20.9 Å². The van der Waals surface area contributed by atoms with Gasteiger partial charge in [0.05, 0.1) is 6.61 Å². The number of carbonyl (C=O) groups excluding carboxylic acids is 3. The van der Waals surface area contributed by atoms with Gasteiger partial charge in [0, 0.05) is 11.6 Å². The molecular formula is C29H32N4O5. The number of hydrogen-bond donors (Lipinski definition) is 5. The zero-order chi connectivity index (χ0) is 26.9. The molecule has 0 aliphatic heterocycles. The molecule has 1 atom stereocenters. The second-order valence-electron chi connectivity index (χ2n) is 9.07. The van der Waals surface area contributed by atoms with E-state index in [0.717, 1.165) is 27.8 Å². The molecule has 0 fully saturated rings. The summed E-state index contributed by atoms with van der Waals surface area (Å²) in [5.41, 5.74) is 11.3. The first kappa shape index (κ1) is 26.8. The fraction of sp³-hybridized carbons (Fsp3) is 0.276. The van der Waals surface area contributed by atoms with Crippen LogP contribution in [0, 0.1) is 0 Å². The summed E-state index contributed by atoms with van der Waals surface area (Å²) in [4.78, 5) is 37.7. The van der Waals surface area contributed by atoms with E-state index in [9.17, 15) is 14.4 Å². The molecule has 9 heteroatoms. The lowest BCUT2D eigenvalue weighted by molar-refractivity contribution is -0.126. The first-order valence-corrected chi connectivity index (χ1v) is 12.6. The molecule has 3 amide bonds. The average molecular weight is 517 g/mol. The number of aliphatic hydroxyl groups is 1. The minimum atomic E-state index is -0.826. The van der Waals surface area contributed by atoms with E-state index in [1.807, 2.05) is 36.4 Å². The number of alkyl carbamates (subject to hydrolysis) is 1. The molecule has 3 aromatic rings. The number of nitrogens with one attached hydrogen (secondary N) is 3. The fourth-order valence-electron chi connectivity index (χ4n) is 4.56. The minimum Gasteiger partial charge on any atom is -0.449 e. The number of anilines is 1. The summed E-state index contributed by atoms with van der Waals surface area (Å²) < 4.78 is 5.46. The summed E-state index contributed by atoms with van der Waals surface area (Å²) in [5.74, 6) is -1.01. The molecule has 4 rings (SSSR count). The van der Waals surface area contributed by atoms with Crippen LogP contribution in [0.2, 0.25) is 0 Å². The molecule has 9 nitrogen and oxygen atoms in total. The van der Waals surface area contributed by atoms with Gasteiger partial charge in [-0.2, -0.15) is 0 Å². The van der Waals surface area contributed by atoms with Crippen molar-refractivity contribution >= 4 is 23.6 Å². The quantitative estimate of drug-likeness (QED) is 0.265. The molecule has 0 radical (unpaired) electrons. The van der Waals surface area contributed by atoms with Gasteiger partial charge in [0.15, 0.2) is 0 Å². The van der Waals surface area contributed by atoms with E-state index in [2.05, 4.69) is 28.1 Å². The van der Waals surface area contributed by atoms with Crippen molar-refractivity contribution in [1.82, 2.24) is 10.6 Å². The Kier molecular flexibility index (Phi) is 9.07. The van der Waals surface area contributed by atoms with Crippen LogP contribution in [0.3, 0.4) is 0 Å². The Bertz CT molecular complexity index is 1230. The first-order chi connectivity index (χ1) is 18.5. The maximum absolute atomic E-state index is 12.8. The Morgan fingerprint density at radius 1 is 0.921 bits per heavy atom. The third kappa shape index (κ3) is 6.56. The van der Waals surface area contributed by atoms with Crippen molar-refractivity contribution in [1.29, 1.82) is 0 Å². The van der Waals surface area contributed by atoms with Gasteiger partial charge in [0.2, 0.25) is 11.8 Å². The molecule has 1 aliphatic rings. The van der Waals surface area contributed by atoms with E-state index in [1.165, 1.54) is 0 Å². The normalized spacial score (nSPS) is 12.7. The predicted molar refractivity (Wildman–Crippen MR) is 144 cm³/mol. The van der Waals surface area contributed by atoms with Gasteiger partial charge in [-0.05, 0) is 59.3 Å². The van der Waals surface area contributed by atoms with Crippen molar-refractivity contribution in [2.24, 2.45) is 5.73 Å². The summed E-state index contributed by atoms with van der Waals surface area (Å²) in [6, 6.07) is 22.0. The molecule has 1 aliphatic carbocycles. The second-order valence-corrected chi connectivity index (χ2v) is 9.07. The van der Waals surface area contributed by atoms with Crippen LogP contribution in [0.4, 0.5) is 10.5 Å². The monoisotopic (exact) mass is 516 g/mol. The van der Waals surface area contributed by atoms with Gasteiger partial charge in [-0.25, -0.2) is 4.79 Å². The highest BCUT2D eigenvalue weighted by Gasteiger charge is 2.29. The Hall–Kier alpha value is -4.21. The van der Waals surface area contributed by atoms with Crippen LogP contribution in [0.1, 0.15) is 35.4 Å². The molecule has 0 aromatic heterocycles. The lowest BCUT2D eigenvalue weighted by Crippen LogP contribution is -2.47. The molecule has 0 heterocycles. The largest absolute Gasteiger partial charge is 0.449 e. The number of fused-ring (bicyclic) bond motifs is 3. The summed E-state index contributed by atoms with van der Waals surface area (Å²) in [7, 11) is 0. The zero-order valence-corrected chi connectivity index (χ0v) is 21.0. The predicted octanol–water partition coefficient (Wildman–Crippen LogP) is 2.88. The lowest BCUT2D eigenvalue weighted by atomic mass is 9.98. The molecule has 0 saturated heterocycles. The van der Waals surface area contributed by atoms with E-state index >= 15 is 0 Å². The molecular weight excluding hydrogens is 484 g/mol. The van der Waals surface area contributed by atoms with E-state index in [4.69, 9.17) is 15.6 Å². The van der Waals surface area contributed by atoms with Crippen LogP contribution in [0.25, 0.3) is 11.1 Å². The lowest BCUT2D eigenvalue weighted by Gasteiger charge is -2.19. The first-order valence-electron chi connectivity index (χ1n) is 12.6. The Balaban J connectivity index is 1.28. The van der Waals surface area contributed by atoms with Crippen molar-refractivity contribution in [2.75, 3.05) is 25.0 Å². The Morgan fingerprint density at radius 2 is 1.55 bits per heavy atom. The number of carbonyl (C=O) groups is 3. The fourth-order valence-corrected chi connectivity index (χ4v) is 4.56. The molecule has 198 valence electrons. The van der Waals surface area contributed by atoms with E-state index < -0.39 is 23.9 Å². The van der Waals surface area contributed by atoms with Gasteiger partial charge >= 0.3 is 6.09 Å². The van der Waals surface area contributed by atoms with Gasteiger partial charge in [0.1, 0.15) is 19.2 Å². The number of amides is 3. The molecule has 3 aromatic carbocycles. The average Bonchev–Trinajstić information content (AvgIpc) is 3.27. The van der Waals surface area contributed by atoms with Gasteiger partial charge in [-0.15, -0.1) is 0 Å². The highest BCUT2D eigenvalue weighted by Crippen LogP contribution is 2.44. The highest BCUT2D eigenvalue weighted by molar-refractivity contribution is 5.97. The van der Waals surface area contributed by atoms with Crippen molar-refractivity contribution in [3.63, 3.8) is 0 Å². The number of rotatable bonds is 11. The summed E-state index contributed by atoms with van der Waals surface area (Å²) >= 11 is 0. The maximum atomic E-state index is 12.8. The van der Waals surface area contributed by atoms with Crippen LogP contribution < -0.4 is 21.7 Å². The summed E-state index contributed by atoms with van der Waals surface area (Å²) in [6.07, 6.45) is 0.156. The van der Waals surface area contributed by atoms with Crippen molar-refractivity contribution < 1.29 is 24.2 Å². The Morgan fingerprint density at radius 3 is 2.16 bits per heavy atom. The summed E-state index contributed by atoms with van der Waals surface area (Å²) in [6.45, 7) is 0.0648. The van der Waals surface area contributed by atoms with Crippen LogP contribution >= 0.6 is 0 Å². The molecule has 1 unspecified atom stereocenters. The van der Waals surface area contributed by atoms with E-state index in [-0.39, 0.29) is 25.7 Å². The molecule has 0 bridgehead atoms. The van der Waals surface area contributed by atoms with Crippen molar-refractivity contribution in [2.45, 2.75) is 31.4 Å².